The van der Waals surface area contributed by atoms with Gasteiger partial charge in [0.05, 0.1) is 19.6 Å². The number of nitrogens with zero attached hydrogens (tertiary/aromatic N) is 2. The Bertz CT molecular complexity index is 3030. The highest BCUT2D eigenvalue weighted by atomic mass is 16.3. The summed E-state index contributed by atoms with van der Waals surface area (Å²) in [5.41, 5.74) is 4.62. The van der Waals surface area contributed by atoms with Crippen LogP contribution < -0.4 is 0 Å². The maximum atomic E-state index is 9.43. The van der Waals surface area contributed by atoms with E-state index in [1.165, 1.54) is 5.39 Å². The van der Waals surface area contributed by atoms with E-state index < -0.39 is 12.1 Å². The van der Waals surface area contributed by atoms with Gasteiger partial charge >= 0.3 is 0 Å². The zero-order valence-electron chi connectivity index (χ0n) is 32.2. The Labute approximate surface area is 292 Å². The van der Waals surface area contributed by atoms with Gasteiger partial charge in [-0.05, 0) is 85.4 Å². The first-order valence-electron chi connectivity index (χ1n) is 19.3. The Morgan fingerprint density at radius 3 is 2.29 bits per heavy atom. The van der Waals surface area contributed by atoms with E-state index in [9.17, 15) is 2.74 Å². The predicted molar refractivity (Wildman–Crippen MR) is 204 cm³/mol. The van der Waals surface area contributed by atoms with E-state index in [1.807, 2.05) is 72.8 Å². The molecule has 2 unspecified atom stereocenters. The number of pyridine rings is 1. The van der Waals surface area contributed by atoms with Gasteiger partial charge in [-0.15, -0.1) is 0 Å². The standard InChI is InChI=1S/C46H30N2O/c1-2-13-34-32(9-1)28-41(39-17-6-4-14-36(34)39)44-25-24-43(49-44)33-11-7-10-31(27-33)35-21-22-40(38-16-5-3-15-37(35)38)42-23-20-30-19-18-29-12-8-26-47-45(29)46(30)48-42/h1-29,45H/i3D,5D,15D,16D,21D,22D. The highest BCUT2D eigenvalue weighted by Crippen LogP contribution is 2.41. The van der Waals surface area contributed by atoms with Crippen LogP contribution in [0.3, 0.4) is 0 Å². The molecule has 1 aliphatic heterocycles. The minimum atomic E-state index is -0.414. The molecule has 0 amide bonds. The van der Waals surface area contributed by atoms with E-state index in [0.717, 1.165) is 38.5 Å². The van der Waals surface area contributed by atoms with Crippen molar-refractivity contribution in [2.45, 2.75) is 6.04 Å². The molecule has 0 bridgehead atoms. The van der Waals surface area contributed by atoms with Gasteiger partial charge < -0.3 is 4.42 Å². The molecular formula is C46H30N2O. The Hall–Kier alpha value is -6.32. The molecule has 49 heavy (non-hydrogen) atoms. The molecule has 3 nitrogen and oxygen atoms in total. The lowest BCUT2D eigenvalue weighted by atomic mass is 9.86. The summed E-state index contributed by atoms with van der Waals surface area (Å²) in [5, 5.41) is 4.80. The summed E-state index contributed by atoms with van der Waals surface area (Å²) in [6.45, 7) is 0. The van der Waals surface area contributed by atoms with E-state index >= 15 is 0 Å². The number of aromatic nitrogens is 1. The number of hydrogen-bond donors (Lipinski definition) is 0. The van der Waals surface area contributed by atoms with Gasteiger partial charge in [-0.2, -0.15) is 0 Å². The Balaban J connectivity index is 1.14. The van der Waals surface area contributed by atoms with Crippen LogP contribution in [0.15, 0.2) is 167 Å². The third-order valence-corrected chi connectivity index (χ3v) is 9.60. The maximum Gasteiger partial charge on any atom is 0.135 e. The molecule has 2 aliphatic rings. The highest BCUT2D eigenvalue weighted by Gasteiger charge is 2.27. The van der Waals surface area contributed by atoms with E-state index in [4.69, 9.17) is 14.9 Å². The van der Waals surface area contributed by atoms with Crippen molar-refractivity contribution in [1.29, 1.82) is 0 Å². The largest absolute Gasteiger partial charge is 0.456 e. The minimum absolute atomic E-state index is 0.0308. The average Bonchev–Trinajstić information content (AvgIpc) is 3.73. The summed E-state index contributed by atoms with van der Waals surface area (Å²) in [4.78, 5) is 9.67. The van der Waals surface area contributed by atoms with Crippen molar-refractivity contribution in [2.24, 2.45) is 10.9 Å². The summed E-state index contributed by atoms with van der Waals surface area (Å²) in [6.07, 6.45) is 9.81. The quantitative estimate of drug-likeness (QED) is 0.181. The molecular weight excluding hydrogens is 597 g/mol. The minimum Gasteiger partial charge on any atom is -0.456 e. The first kappa shape index (κ1) is 22.3. The fourth-order valence-corrected chi connectivity index (χ4v) is 7.23. The zero-order chi connectivity index (χ0) is 37.5. The fraction of sp³-hybridized carbons (Fsp3) is 0.0435. The van der Waals surface area contributed by atoms with Crippen molar-refractivity contribution in [3.63, 3.8) is 0 Å². The van der Waals surface area contributed by atoms with E-state index in [1.54, 1.807) is 18.3 Å². The normalized spacial score (nSPS) is 18.0. The first-order valence-corrected chi connectivity index (χ1v) is 16.3. The molecule has 2 atom stereocenters. The number of aliphatic imine (C=N–C) groups is 1. The van der Waals surface area contributed by atoms with E-state index in [2.05, 4.69) is 47.5 Å². The van der Waals surface area contributed by atoms with Gasteiger partial charge in [-0.25, -0.2) is 4.98 Å². The number of benzene rings is 6. The molecule has 6 aromatic carbocycles. The predicted octanol–water partition coefficient (Wildman–Crippen LogP) is 12.1. The van der Waals surface area contributed by atoms with Gasteiger partial charge in [-0.1, -0.05) is 127 Å². The lowest BCUT2D eigenvalue weighted by Crippen LogP contribution is -2.16. The molecule has 3 heterocycles. The Morgan fingerprint density at radius 1 is 0.592 bits per heavy atom. The molecule has 1 aliphatic carbocycles. The molecule has 230 valence electrons. The van der Waals surface area contributed by atoms with Crippen molar-refractivity contribution in [1.82, 2.24) is 4.98 Å². The number of hydrogen-bond acceptors (Lipinski definition) is 3. The van der Waals surface area contributed by atoms with Crippen molar-refractivity contribution in [2.75, 3.05) is 0 Å². The van der Waals surface area contributed by atoms with Crippen LogP contribution in [0.5, 0.6) is 0 Å². The SMILES string of the molecule is [2H]c1c([2H])c([2H])c2c(-c3ccc4c(n3)C3N=CC=CC3C=C4)c([2H])c([2H])c(-c3cccc(-c4ccc(-c5cc6ccccc6c6ccccc56)o4)c3)c2c1[2H]. The van der Waals surface area contributed by atoms with E-state index in [0.29, 0.717) is 22.8 Å². The van der Waals surface area contributed by atoms with Crippen LogP contribution in [0.2, 0.25) is 0 Å². The van der Waals surface area contributed by atoms with Crippen LogP contribution >= 0.6 is 0 Å². The molecule has 8 aromatic rings. The Morgan fingerprint density at radius 2 is 1.37 bits per heavy atom. The second-order valence-electron chi connectivity index (χ2n) is 12.4. The van der Waals surface area contributed by atoms with Crippen LogP contribution in [0.4, 0.5) is 0 Å². The van der Waals surface area contributed by atoms with Crippen molar-refractivity contribution in [3.8, 4) is 45.0 Å². The number of furan rings is 1. The number of fused-ring (bicyclic) bond motifs is 7. The molecule has 3 heteroatoms. The number of allylic oxidation sites excluding steroid dienone is 1. The fourth-order valence-electron chi connectivity index (χ4n) is 7.23. The van der Waals surface area contributed by atoms with Crippen LogP contribution in [-0.4, -0.2) is 11.2 Å². The second-order valence-corrected chi connectivity index (χ2v) is 12.4. The Kier molecular flexibility index (Phi) is 5.07. The van der Waals surface area contributed by atoms with Gasteiger partial charge in [0.25, 0.3) is 0 Å². The molecule has 2 aromatic heterocycles. The van der Waals surface area contributed by atoms with Crippen LogP contribution in [-0.2, 0) is 0 Å². The number of dihydropyridines is 1. The summed E-state index contributed by atoms with van der Waals surface area (Å²) in [5.74, 6) is 1.33. The number of rotatable bonds is 4. The molecule has 0 saturated heterocycles. The summed E-state index contributed by atoms with van der Waals surface area (Å²) < 4.78 is 61.0. The third kappa shape index (κ3) is 4.58. The molecule has 0 spiro atoms. The zero-order valence-corrected chi connectivity index (χ0v) is 26.2. The topological polar surface area (TPSA) is 38.4 Å². The van der Waals surface area contributed by atoms with Gasteiger partial charge in [0.2, 0.25) is 0 Å². The van der Waals surface area contributed by atoms with Crippen molar-refractivity contribution < 1.29 is 12.6 Å². The third-order valence-electron chi connectivity index (χ3n) is 9.60. The van der Waals surface area contributed by atoms with Gasteiger partial charge in [0.15, 0.2) is 0 Å². The molecule has 0 fully saturated rings. The molecule has 0 saturated carbocycles. The summed E-state index contributed by atoms with van der Waals surface area (Å²) in [7, 11) is 0. The van der Waals surface area contributed by atoms with Crippen molar-refractivity contribution in [3.05, 3.63) is 169 Å². The highest BCUT2D eigenvalue weighted by molar-refractivity contribution is 6.13. The van der Waals surface area contributed by atoms with Crippen LogP contribution in [0, 0.1) is 5.92 Å². The molecule has 10 rings (SSSR count). The lowest BCUT2D eigenvalue weighted by Gasteiger charge is -2.26. The summed E-state index contributed by atoms with van der Waals surface area (Å²) >= 11 is 0. The monoisotopic (exact) mass is 632 g/mol. The smallest absolute Gasteiger partial charge is 0.135 e. The average molecular weight is 633 g/mol. The maximum absolute atomic E-state index is 9.43. The van der Waals surface area contributed by atoms with Crippen LogP contribution in [0.1, 0.15) is 25.5 Å². The van der Waals surface area contributed by atoms with Gasteiger partial charge in [-0.3, -0.25) is 4.99 Å². The summed E-state index contributed by atoms with van der Waals surface area (Å²) in [6, 6.07) is 31.6. The first-order chi connectivity index (χ1) is 26.8. The van der Waals surface area contributed by atoms with Crippen LogP contribution in [0.25, 0.3) is 83.4 Å². The van der Waals surface area contributed by atoms with Gasteiger partial charge in [0, 0.05) is 28.8 Å². The van der Waals surface area contributed by atoms with Crippen molar-refractivity contribution >= 4 is 44.6 Å². The lowest BCUT2D eigenvalue weighted by molar-refractivity contribution is 0.595. The molecule has 0 radical (unpaired) electrons. The molecule has 0 N–H and O–H groups in total. The second kappa shape index (κ2) is 11.1. The van der Waals surface area contributed by atoms with Gasteiger partial charge in [0.1, 0.15) is 17.6 Å². The van der Waals surface area contributed by atoms with E-state index in [-0.39, 0.29) is 58.0 Å².